The number of halogens is 3. The van der Waals surface area contributed by atoms with Crippen molar-refractivity contribution in [2.75, 3.05) is 19.7 Å². The molecule has 1 aliphatic carbocycles. The molecule has 0 saturated heterocycles. The lowest BCUT2D eigenvalue weighted by atomic mass is 9.86. The predicted octanol–water partition coefficient (Wildman–Crippen LogP) is 2.14. The van der Waals surface area contributed by atoms with Gasteiger partial charge in [-0.3, -0.25) is 4.90 Å². The summed E-state index contributed by atoms with van der Waals surface area (Å²) >= 11 is 0. The molecule has 0 heterocycles. The van der Waals surface area contributed by atoms with E-state index in [0.29, 0.717) is 13.0 Å². The molecule has 0 aliphatic heterocycles. The van der Waals surface area contributed by atoms with Crippen LogP contribution in [0.15, 0.2) is 0 Å². The fourth-order valence-electron chi connectivity index (χ4n) is 2.88. The maximum absolute atomic E-state index is 12.5. The molecule has 0 aromatic carbocycles. The Bertz CT molecular complexity index is 284. The molecule has 1 rings (SSSR count). The standard InChI is InChI=1S/C13H25F3N2O/c1-10(2)18(8-13(14,15)16)7-5-11-4-3-6-12(11,17)9-19/h10-11,19H,3-9,17H2,1-2H3. The van der Waals surface area contributed by atoms with Crippen molar-refractivity contribution in [1.29, 1.82) is 0 Å². The van der Waals surface area contributed by atoms with Crippen LogP contribution in [-0.2, 0) is 0 Å². The summed E-state index contributed by atoms with van der Waals surface area (Å²) in [4.78, 5) is 1.43. The minimum atomic E-state index is -4.17. The maximum Gasteiger partial charge on any atom is 0.401 e. The number of aliphatic hydroxyl groups excluding tert-OH is 1. The van der Waals surface area contributed by atoms with Gasteiger partial charge in [0.25, 0.3) is 0 Å². The molecule has 0 radical (unpaired) electrons. The van der Waals surface area contributed by atoms with Crippen LogP contribution >= 0.6 is 0 Å². The van der Waals surface area contributed by atoms with Crippen LogP contribution < -0.4 is 5.73 Å². The summed E-state index contributed by atoms with van der Waals surface area (Å²) < 4.78 is 37.4. The minimum absolute atomic E-state index is 0.0847. The molecule has 114 valence electrons. The van der Waals surface area contributed by atoms with Crippen molar-refractivity contribution in [1.82, 2.24) is 4.90 Å². The molecule has 1 aliphatic rings. The van der Waals surface area contributed by atoms with Crippen molar-refractivity contribution in [3.8, 4) is 0 Å². The fraction of sp³-hybridized carbons (Fsp3) is 1.00. The monoisotopic (exact) mass is 282 g/mol. The number of nitrogens with two attached hydrogens (primary N) is 1. The molecule has 3 N–H and O–H groups in total. The molecule has 0 aromatic rings. The van der Waals surface area contributed by atoms with Crippen LogP contribution in [0.25, 0.3) is 0 Å². The van der Waals surface area contributed by atoms with E-state index in [0.717, 1.165) is 19.3 Å². The second kappa shape index (κ2) is 6.41. The van der Waals surface area contributed by atoms with Crippen LogP contribution in [0.3, 0.4) is 0 Å². The van der Waals surface area contributed by atoms with Gasteiger partial charge < -0.3 is 10.8 Å². The quantitative estimate of drug-likeness (QED) is 0.784. The van der Waals surface area contributed by atoms with E-state index in [1.807, 2.05) is 0 Å². The third kappa shape index (κ3) is 4.93. The zero-order valence-corrected chi connectivity index (χ0v) is 11.7. The largest absolute Gasteiger partial charge is 0.401 e. The highest BCUT2D eigenvalue weighted by Gasteiger charge is 2.39. The van der Waals surface area contributed by atoms with E-state index in [4.69, 9.17) is 5.73 Å². The Hall–Kier alpha value is -0.330. The fourth-order valence-corrected chi connectivity index (χ4v) is 2.88. The van der Waals surface area contributed by atoms with Crippen LogP contribution in [0.1, 0.15) is 39.5 Å². The summed E-state index contributed by atoms with van der Waals surface area (Å²) in [7, 11) is 0. The first-order chi connectivity index (χ1) is 8.68. The summed E-state index contributed by atoms with van der Waals surface area (Å²) in [5.41, 5.74) is 5.51. The summed E-state index contributed by atoms with van der Waals surface area (Å²) in [5, 5.41) is 9.34. The number of hydrogen-bond donors (Lipinski definition) is 2. The van der Waals surface area contributed by atoms with Crippen molar-refractivity contribution in [3.63, 3.8) is 0 Å². The molecule has 0 spiro atoms. The number of rotatable bonds is 6. The lowest BCUT2D eigenvalue weighted by Gasteiger charge is -2.33. The first kappa shape index (κ1) is 16.7. The average molecular weight is 282 g/mol. The maximum atomic E-state index is 12.5. The van der Waals surface area contributed by atoms with Gasteiger partial charge in [0.15, 0.2) is 0 Å². The zero-order valence-electron chi connectivity index (χ0n) is 11.7. The highest BCUT2D eigenvalue weighted by atomic mass is 19.4. The minimum Gasteiger partial charge on any atom is -0.394 e. The highest BCUT2D eigenvalue weighted by Crippen LogP contribution is 2.36. The van der Waals surface area contributed by atoms with E-state index in [-0.39, 0.29) is 18.6 Å². The Labute approximate surface area is 113 Å². The molecule has 2 unspecified atom stereocenters. The van der Waals surface area contributed by atoms with Gasteiger partial charge in [-0.2, -0.15) is 13.2 Å². The molecular formula is C13H25F3N2O. The van der Waals surface area contributed by atoms with E-state index < -0.39 is 18.3 Å². The molecular weight excluding hydrogens is 257 g/mol. The van der Waals surface area contributed by atoms with Gasteiger partial charge >= 0.3 is 6.18 Å². The summed E-state index contributed by atoms with van der Waals surface area (Å²) in [6.45, 7) is 2.94. The molecule has 0 amide bonds. The molecule has 6 heteroatoms. The number of aliphatic hydroxyl groups is 1. The Morgan fingerprint density at radius 3 is 2.53 bits per heavy atom. The van der Waals surface area contributed by atoms with Crippen molar-refractivity contribution in [2.45, 2.75) is 57.3 Å². The normalized spacial score (nSPS) is 28.6. The molecule has 19 heavy (non-hydrogen) atoms. The molecule has 1 saturated carbocycles. The van der Waals surface area contributed by atoms with Crippen molar-refractivity contribution >= 4 is 0 Å². The number of nitrogens with zero attached hydrogens (tertiary/aromatic N) is 1. The van der Waals surface area contributed by atoms with E-state index in [2.05, 4.69) is 0 Å². The van der Waals surface area contributed by atoms with E-state index in [1.54, 1.807) is 13.8 Å². The Balaban J connectivity index is 2.52. The van der Waals surface area contributed by atoms with E-state index >= 15 is 0 Å². The average Bonchev–Trinajstić information content (AvgIpc) is 2.65. The van der Waals surface area contributed by atoms with E-state index in [1.165, 1.54) is 4.90 Å². The second-order valence-corrected chi connectivity index (χ2v) is 5.95. The van der Waals surface area contributed by atoms with Gasteiger partial charge in [-0.15, -0.1) is 0 Å². The topological polar surface area (TPSA) is 49.5 Å². The smallest absolute Gasteiger partial charge is 0.394 e. The van der Waals surface area contributed by atoms with Gasteiger partial charge in [0.2, 0.25) is 0 Å². The van der Waals surface area contributed by atoms with Gasteiger partial charge in [0.1, 0.15) is 0 Å². The Morgan fingerprint density at radius 2 is 2.05 bits per heavy atom. The third-order valence-electron chi connectivity index (χ3n) is 4.18. The highest BCUT2D eigenvalue weighted by molar-refractivity contribution is 4.96. The van der Waals surface area contributed by atoms with Crippen LogP contribution in [-0.4, -0.2) is 47.5 Å². The molecule has 1 fully saturated rings. The van der Waals surface area contributed by atoms with Crippen LogP contribution in [0, 0.1) is 5.92 Å². The van der Waals surface area contributed by atoms with Gasteiger partial charge in [-0.05, 0) is 45.6 Å². The van der Waals surface area contributed by atoms with Gasteiger partial charge in [0, 0.05) is 11.6 Å². The lowest BCUT2D eigenvalue weighted by molar-refractivity contribution is -0.150. The van der Waals surface area contributed by atoms with Crippen LogP contribution in [0.2, 0.25) is 0 Å². The Kier molecular flexibility index (Phi) is 5.65. The van der Waals surface area contributed by atoms with Gasteiger partial charge in [-0.25, -0.2) is 0 Å². The van der Waals surface area contributed by atoms with Gasteiger partial charge in [-0.1, -0.05) is 6.42 Å². The lowest BCUT2D eigenvalue weighted by Crippen LogP contribution is -2.48. The summed E-state index contributed by atoms with van der Waals surface area (Å²) in [6.07, 6.45) is -0.950. The summed E-state index contributed by atoms with van der Waals surface area (Å²) in [5.74, 6) is 0.118. The van der Waals surface area contributed by atoms with Crippen molar-refractivity contribution in [3.05, 3.63) is 0 Å². The zero-order chi connectivity index (χ0) is 14.7. The Morgan fingerprint density at radius 1 is 1.42 bits per heavy atom. The summed E-state index contributed by atoms with van der Waals surface area (Å²) in [6, 6.07) is -0.149. The van der Waals surface area contributed by atoms with Crippen LogP contribution in [0.4, 0.5) is 13.2 Å². The number of alkyl halides is 3. The first-order valence-corrected chi connectivity index (χ1v) is 6.88. The van der Waals surface area contributed by atoms with Crippen molar-refractivity contribution in [2.24, 2.45) is 11.7 Å². The van der Waals surface area contributed by atoms with Crippen LogP contribution in [0.5, 0.6) is 0 Å². The van der Waals surface area contributed by atoms with Crippen molar-refractivity contribution < 1.29 is 18.3 Å². The molecule has 0 bridgehead atoms. The second-order valence-electron chi connectivity index (χ2n) is 5.95. The third-order valence-corrected chi connectivity index (χ3v) is 4.18. The van der Waals surface area contributed by atoms with Gasteiger partial charge in [0.05, 0.1) is 13.2 Å². The molecule has 2 atom stereocenters. The first-order valence-electron chi connectivity index (χ1n) is 6.88. The molecule has 3 nitrogen and oxygen atoms in total. The number of hydrogen-bond acceptors (Lipinski definition) is 3. The van der Waals surface area contributed by atoms with E-state index in [9.17, 15) is 18.3 Å². The molecule has 0 aromatic heterocycles. The SMILES string of the molecule is CC(C)N(CCC1CCCC1(N)CO)CC(F)(F)F. The predicted molar refractivity (Wildman–Crippen MR) is 68.7 cm³/mol.